The maximum atomic E-state index is 13.3. The Labute approximate surface area is 162 Å². The van der Waals surface area contributed by atoms with Gasteiger partial charge in [0.25, 0.3) is 5.91 Å². The monoisotopic (exact) mass is 382 g/mol. The van der Waals surface area contributed by atoms with Crippen LogP contribution in [0.3, 0.4) is 0 Å². The summed E-state index contributed by atoms with van der Waals surface area (Å²) in [6.45, 7) is -0.148. The second kappa shape index (κ2) is 7.16. The number of fused-ring (bicyclic) bond motifs is 1. The fourth-order valence-corrected chi connectivity index (χ4v) is 3.55. The molecule has 1 aliphatic carbocycles. The lowest BCUT2D eigenvalue weighted by Crippen LogP contribution is -2.42. The normalized spacial score (nSPS) is 19.2. The molecule has 27 heavy (non-hydrogen) atoms. The summed E-state index contributed by atoms with van der Waals surface area (Å²) in [6, 6.07) is 14.5. The van der Waals surface area contributed by atoms with Gasteiger partial charge in [0.2, 0.25) is 0 Å². The van der Waals surface area contributed by atoms with Gasteiger partial charge >= 0.3 is 5.97 Å². The summed E-state index contributed by atoms with van der Waals surface area (Å²) in [5.74, 6) is -0.430. The van der Waals surface area contributed by atoms with Crippen LogP contribution in [0.2, 0.25) is 5.02 Å². The Balaban J connectivity index is 1.91. The first-order valence-corrected chi connectivity index (χ1v) is 9.27. The number of nitrogens with zero attached hydrogens (tertiary/aromatic N) is 2. The minimum Gasteiger partial charge on any atom is -0.468 e. The average molecular weight is 383 g/mol. The third-order valence-corrected chi connectivity index (χ3v) is 5.16. The van der Waals surface area contributed by atoms with Crippen LogP contribution < -0.4 is 4.90 Å². The molecule has 0 spiro atoms. The SMILES string of the molecule is COC(=O)CN1C(=O)[C@H](C2CC2)N=C(c2ccccc2)c2cc(Cl)ccc21. The van der Waals surface area contributed by atoms with Gasteiger partial charge in [-0.25, -0.2) is 0 Å². The summed E-state index contributed by atoms with van der Waals surface area (Å²) < 4.78 is 4.81. The van der Waals surface area contributed by atoms with Crippen LogP contribution in [0.5, 0.6) is 0 Å². The molecule has 1 aliphatic heterocycles. The lowest BCUT2D eigenvalue weighted by Gasteiger charge is -2.24. The topological polar surface area (TPSA) is 59.0 Å². The van der Waals surface area contributed by atoms with E-state index in [1.165, 1.54) is 12.0 Å². The number of hydrogen-bond donors (Lipinski definition) is 0. The van der Waals surface area contributed by atoms with E-state index in [0.29, 0.717) is 10.7 Å². The number of esters is 1. The lowest BCUT2D eigenvalue weighted by molar-refractivity contribution is -0.140. The Bertz CT molecular complexity index is 922. The van der Waals surface area contributed by atoms with Crippen molar-refractivity contribution in [3.8, 4) is 0 Å². The summed E-state index contributed by atoms with van der Waals surface area (Å²) in [5, 5.41) is 0.549. The van der Waals surface area contributed by atoms with Crippen molar-refractivity contribution in [2.24, 2.45) is 10.9 Å². The lowest BCUT2D eigenvalue weighted by atomic mass is 10.00. The van der Waals surface area contributed by atoms with Crippen LogP contribution in [-0.4, -0.2) is 37.3 Å². The standard InChI is InChI=1S/C21H19ClN2O3/c1-27-18(25)12-24-17-10-9-15(22)11-16(17)19(13-5-3-2-4-6-13)23-20(21(24)26)14-7-8-14/h2-6,9-11,14,20H,7-8,12H2,1H3/t20-/m0/s1. The number of benzene rings is 2. The zero-order chi connectivity index (χ0) is 19.0. The Morgan fingerprint density at radius 1 is 1.22 bits per heavy atom. The molecule has 0 aromatic heterocycles. The van der Waals surface area contributed by atoms with E-state index in [-0.39, 0.29) is 18.4 Å². The molecule has 1 saturated carbocycles. The minimum atomic E-state index is -0.504. The molecule has 6 heteroatoms. The number of carbonyl (C=O) groups is 2. The van der Waals surface area contributed by atoms with Crippen LogP contribution in [0.25, 0.3) is 0 Å². The van der Waals surface area contributed by atoms with Gasteiger partial charge in [-0.3, -0.25) is 19.5 Å². The number of halogens is 1. The number of amides is 1. The third kappa shape index (κ3) is 3.47. The predicted octanol–water partition coefficient (Wildman–Crippen LogP) is 3.48. The van der Waals surface area contributed by atoms with Crippen LogP contribution in [-0.2, 0) is 14.3 Å². The van der Waals surface area contributed by atoms with Crippen molar-refractivity contribution in [2.45, 2.75) is 18.9 Å². The molecule has 2 aromatic rings. The van der Waals surface area contributed by atoms with Crippen LogP contribution in [0.1, 0.15) is 24.0 Å². The largest absolute Gasteiger partial charge is 0.468 e. The van der Waals surface area contributed by atoms with Crippen LogP contribution in [0.15, 0.2) is 53.5 Å². The van der Waals surface area contributed by atoms with Crippen molar-refractivity contribution >= 4 is 34.9 Å². The Kier molecular flexibility index (Phi) is 4.70. The van der Waals surface area contributed by atoms with Gasteiger partial charge in [0, 0.05) is 16.1 Å². The van der Waals surface area contributed by atoms with E-state index in [2.05, 4.69) is 0 Å². The summed E-state index contributed by atoms with van der Waals surface area (Å²) in [7, 11) is 1.32. The highest BCUT2D eigenvalue weighted by Gasteiger charge is 2.42. The van der Waals surface area contributed by atoms with Crippen LogP contribution >= 0.6 is 11.6 Å². The highest BCUT2D eigenvalue weighted by Crippen LogP contribution is 2.39. The van der Waals surface area contributed by atoms with E-state index in [0.717, 1.165) is 29.7 Å². The van der Waals surface area contributed by atoms with Gasteiger partial charge in [-0.05, 0) is 37.0 Å². The second-order valence-electron chi connectivity index (χ2n) is 6.79. The maximum absolute atomic E-state index is 13.3. The number of ether oxygens (including phenoxy) is 1. The van der Waals surface area contributed by atoms with E-state index in [4.69, 9.17) is 21.3 Å². The molecule has 0 saturated heterocycles. The summed E-state index contributed by atoms with van der Waals surface area (Å²) >= 11 is 6.26. The van der Waals surface area contributed by atoms with Crippen LogP contribution in [0, 0.1) is 5.92 Å². The van der Waals surface area contributed by atoms with Crippen molar-refractivity contribution < 1.29 is 14.3 Å². The first-order valence-electron chi connectivity index (χ1n) is 8.90. The highest BCUT2D eigenvalue weighted by atomic mass is 35.5. The Morgan fingerprint density at radius 2 is 1.96 bits per heavy atom. The van der Waals surface area contributed by atoms with Crippen LogP contribution in [0.4, 0.5) is 5.69 Å². The number of rotatable bonds is 4. The quantitative estimate of drug-likeness (QED) is 0.761. The number of carbonyl (C=O) groups excluding carboxylic acids is 2. The number of methoxy groups -OCH3 is 1. The zero-order valence-electron chi connectivity index (χ0n) is 14.9. The average Bonchev–Trinajstić information content (AvgIpc) is 3.52. The fraction of sp³-hybridized carbons (Fsp3) is 0.286. The molecule has 0 bridgehead atoms. The van der Waals surface area contributed by atoms with Gasteiger partial charge in [-0.15, -0.1) is 0 Å². The van der Waals surface area contributed by atoms with Crippen molar-refractivity contribution in [1.29, 1.82) is 0 Å². The number of anilines is 1. The molecular formula is C21H19ClN2O3. The Hall–Kier alpha value is -2.66. The van der Waals surface area contributed by atoms with E-state index < -0.39 is 12.0 Å². The van der Waals surface area contributed by atoms with Crippen molar-refractivity contribution in [3.05, 3.63) is 64.7 Å². The molecule has 0 N–H and O–H groups in total. The van der Waals surface area contributed by atoms with Crippen molar-refractivity contribution in [3.63, 3.8) is 0 Å². The molecule has 1 atom stereocenters. The van der Waals surface area contributed by atoms with Crippen molar-refractivity contribution in [2.75, 3.05) is 18.6 Å². The van der Waals surface area contributed by atoms with Gasteiger partial charge in [-0.2, -0.15) is 0 Å². The molecule has 1 amide bonds. The summed E-state index contributed by atoms with van der Waals surface area (Å²) in [4.78, 5) is 31.6. The molecule has 1 heterocycles. The molecule has 0 radical (unpaired) electrons. The number of benzodiazepines with no additional fused rings is 1. The minimum absolute atomic E-state index is 0.148. The van der Waals surface area contributed by atoms with Gasteiger partial charge in [-0.1, -0.05) is 41.9 Å². The van der Waals surface area contributed by atoms with Gasteiger partial charge in [0.1, 0.15) is 12.6 Å². The third-order valence-electron chi connectivity index (χ3n) is 4.92. The van der Waals surface area contributed by atoms with Crippen molar-refractivity contribution in [1.82, 2.24) is 0 Å². The molecule has 5 nitrogen and oxygen atoms in total. The van der Waals surface area contributed by atoms with Gasteiger partial charge in [0.05, 0.1) is 18.5 Å². The molecule has 0 unspecified atom stereocenters. The number of aliphatic imine (C=N–C) groups is 1. The predicted molar refractivity (Wildman–Crippen MR) is 104 cm³/mol. The smallest absolute Gasteiger partial charge is 0.325 e. The first-order chi connectivity index (χ1) is 13.1. The summed E-state index contributed by atoms with van der Waals surface area (Å²) in [5.41, 5.74) is 3.01. The Morgan fingerprint density at radius 3 is 2.63 bits per heavy atom. The van der Waals surface area contributed by atoms with E-state index in [1.807, 2.05) is 30.3 Å². The first kappa shape index (κ1) is 17.7. The molecule has 138 valence electrons. The summed E-state index contributed by atoms with van der Waals surface area (Å²) in [6.07, 6.45) is 1.93. The fourth-order valence-electron chi connectivity index (χ4n) is 3.38. The molecule has 2 aliphatic rings. The molecular weight excluding hydrogens is 364 g/mol. The molecule has 4 rings (SSSR count). The zero-order valence-corrected chi connectivity index (χ0v) is 15.6. The van der Waals surface area contributed by atoms with E-state index in [9.17, 15) is 9.59 Å². The molecule has 2 aromatic carbocycles. The molecule has 1 fully saturated rings. The van der Waals surface area contributed by atoms with Gasteiger partial charge < -0.3 is 4.74 Å². The van der Waals surface area contributed by atoms with Gasteiger partial charge in [0.15, 0.2) is 0 Å². The number of hydrogen-bond acceptors (Lipinski definition) is 4. The van der Waals surface area contributed by atoms with E-state index in [1.54, 1.807) is 18.2 Å². The maximum Gasteiger partial charge on any atom is 0.325 e. The van der Waals surface area contributed by atoms with E-state index >= 15 is 0 Å². The highest BCUT2D eigenvalue weighted by molar-refractivity contribution is 6.32. The second-order valence-corrected chi connectivity index (χ2v) is 7.22.